The second-order valence-corrected chi connectivity index (χ2v) is 3.88. The highest BCUT2D eigenvalue weighted by molar-refractivity contribution is 6.05. The fraction of sp³-hybridized carbons (Fsp3) is 0.500. The fourth-order valence-corrected chi connectivity index (χ4v) is 1.70. The normalized spacial score (nSPS) is 20.9. The van der Waals surface area contributed by atoms with Gasteiger partial charge in [0, 0.05) is 26.5 Å². The van der Waals surface area contributed by atoms with Gasteiger partial charge in [-0.05, 0) is 0 Å². The van der Waals surface area contributed by atoms with Crippen LogP contribution in [-0.4, -0.2) is 39.4 Å². The Balaban J connectivity index is 1.95. The number of aromatic nitrogens is 2. The zero-order chi connectivity index (χ0) is 11.7. The predicted octanol–water partition coefficient (Wildman–Crippen LogP) is -0.733. The molecule has 0 aliphatic carbocycles. The van der Waals surface area contributed by atoms with E-state index in [1.54, 1.807) is 6.20 Å². The Hall–Kier alpha value is -1.69. The SMILES string of the molecule is CN1C(=O)CC(NCc2nccn2C)C1=O. The largest absolute Gasteiger partial charge is 0.337 e. The minimum atomic E-state index is -0.408. The summed E-state index contributed by atoms with van der Waals surface area (Å²) < 4.78 is 1.87. The number of nitrogens with zero attached hydrogens (tertiary/aromatic N) is 3. The van der Waals surface area contributed by atoms with Crippen LogP contribution in [0.5, 0.6) is 0 Å². The molecule has 1 atom stereocenters. The molecule has 6 nitrogen and oxygen atoms in total. The third-order valence-electron chi connectivity index (χ3n) is 2.81. The molecule has 0 aromatic carbocycles. The van der Waals surface area contributed by atoms with Crippen LogP contribution in [0.25, 0.3) is 0 Å². The maximum Gasteiger partial charge on any atom is 0.246 e. The third kappa shape index (κ3) is 1.83. The maximum absolute atomic E-state index is 11.6. The quantitative estimate of drug-likeness (QED) is 0.684. The number of likely N-dealkylation sites (N-methyl/N-ethyl adjacent to an activating group) is 1. The molecule has 0 radical (unpaired) electrons. The van der Waals surface area contributed by atoms with E-state index in [0.717, 1.165) is 10.7 Å². The summed E-state index contributed by atoms with van der Waals surface area (Å²) in [5.74, 6) is 0.538. The average molecular weight is 222 g/mol. The van der Waals surface area contributed by atoms with Gasteiger partial charge in [-0.15, -0.1) is 0 Å². The Labute approximate surface area is 93.3 Å². The van der Waals surface area contributed by atoms with E-state index in [-0.39, 0.29) is 18.2 Å². The first kappa shape index (κ1) is 10.8. The smallest absolute Gasteiger partial charge is 0.246 e. The molecule has 2 amide bonds. The summed E-state index contributed by atoms with van der Waals surface area (Å²) in [5, 5.41) is 3.04. The number of likely N-dealkylation sites (tertiary alicyclic amines) is 1. The van der Waals surface area contributed by atoms with E-state index in [1.807, 2.05) is 17.8 Å². The van der Waals surface area contributed by atoms with Gasteiger partial charge in [-0.25, -0.2) is 4.98 Å². The molecule has 6 heteroatoms. The van der Waals surface area contributed by atoms with Gasteiger partial charge >= 0.3 is 0 Å². The molecule has 16 heavy (non-hydrogen) atoms. The lowest BCUT2D eigenvalue weighted by atomic mass is 10.2. The summed E-state index contributed by atoms with van der Waals surface area (Å²) >= 11 is 0. The first-order valence-corrected chi connectivity index (χ1v) is 5.09. The highest BCUT2D eigenvalue weighted by Gasteiger charge is 2.35. The summed E-state index contributed by atoms with van der Waals surface area (Å²) in [6, 6.07) is -0.408. The zero-order valence-corrected chi connectivity index (χ0v) is 9.30. The summed E-state index contributed by atoms with van der Waals surface area (Å²) in [6.07, 6.45) is 3.77. The lowest BCUT2D eigenvalue weighted by Crippen LogP contribution is -2.37. The van der Waals surface area contributed by atoms with Gasteiger partial charge in [0.2, 0.25) is 11.8 Å². The number of nitrogens with one attached hydrogen (secondary N) is 1. The Morgan fingerprint density at radius 1 is 1.50 bits per heavy atom. The van der Waals surface area contributed by atoms with Crippen molar-refractivity contribution in [1.82, 2.24) is 19.8 Å². The number of hydrogen-bond donors (Lipinski definition) is 1. The topological polar surface area (TPSA) is 67.2 Å². The second-order valence-electron chi connectivity index (χ2n) is 3.88. The van der Waals surface area contributed by atoms with E-state index < -0.39 is 6.04 Å². The highest BCUT2D eigenvalue weighted by atomic mass is 16.2. The van der Waals surface area contributed by atoms with Crippen LogP contribution >= 0.6 is 0 Å². The number of carbonyl (C=O) groups excluding carboxylic acids is 2. The van der Waals surface area contributed by atoms with Crippen LogP contribution in [0.2, 0.25) is 0 Å². The molecular weight excluding hydrogens is 208 g/mol. The van der Waals surface area contributed by atoms with Gasteiger partial charge < -0.3 is 4.57 Å². The van der Waals surface area contributed by atoms with Crippen LogP contribution in [0.1, 0.15) is 12.2 Å². The van der Waals surface area contributed by atoms with Crippen LogP contribution in [0.3, 0.4) is 0 Å². The second kappa shape index (κ2) is 4.05. The molecule has 1 fully saturated rings. The highest BCUT2D eigenvalue weighted by Crippen LogP contribution is 2.10. The van der Waals surface area contributed by atoms with Gasteiger partial charge in [-0.3, -0.25) is 19.8 Å². The van der Waals surface area contributed by atoms with E-state index in [1.165, 1.54) is 7.05 Å². The average Bonchev–Trinajstić information content (AvgIpc) is 2.76. The molecule has 0 spiro atoms. The number of imidazole rings is 1. The Bertz CT molecular complexity index is 426. The van der Waals surface area contributed by atoms with Gasteiger partial charge in [0.15, 0.2) is 0 Å². The van der Waals surface area contributed by atoms with Gasteiger partial charge in [0.25, 0.3) is 0 Å². The van der Waals surface area contributed by atoms with Gasteiger partial charge in [0.05, 0.1) is 19.0 Å². The van der Waals surface area contributed by atoms with Crippen molar-refractivity contribution in [3.05, 3.63) is 18.2 Å². The van der Waals surface area contributed by atoms with Gasteiger partial charge in [-0.2, -0.15) is 0 Å². The maximum atomic E-state index is 11.6. The van der Waals surface area contributed by atoms with Crippen molar-refractivity contribution in [1.29, 1.82) is 0 Å². The molecule has 2 heterocycles. The van der Waals surface area contributed by atoms with Crippen molar-refractivity contribution >= 4 is 11.8 Å². The standard InChI is InChI=1S/C10H14N4O2/c1-13-4-3-11-8(13)6-12-7-5-9(15)14(2)10(7)16/h3-4,7,12H,5-6H2,1-2H3. The zero-order valence-electron chi connectivity index (χ0n) is 9.30. The lowest BCUT2D eigenvalue weighted by Gasteiger charge is -2.10. The number of hydrogen-bond acceptors (Lipinski definition) is 4. The molecule has 0 saturated carbocycles. The summed E-state index contributed by atoms with van der Waals surface area (Å²) in [6.45, 7) is 0.487. The molecule has 1 aromatic rings. The molecule has 2 rings (SSSR count). The minimum Gasteiger partial charge on any atom is -0.337 e. The van der Waals surface area contributed by atoms with Crippen LogP contribution < -0.4 is 5.32 Å². The number of aryl methyl sites for hydroxylation is 1. The van der Waals surface area contributed by atoms with E-state index >= 15 is 0 Å². The monoisotopic (exact) mass is 222 g/mol. The van der Waals surface area contributed by atoms with Crippen molar-refractivity contribution in [3.63, 3.8) is 0 Å². The molecule has 1 aliphatic rings. The molecule has 1 saturated heterocycles. The number of imide groups is 1. The van der Waals surface area contributed by atoms with Crippen molar-refractivity contribution in [3.8, 4) is 0 Å². The van der Waals surface area contributed by atoms with Crippen LogP contribution in [-0.2, 0) is 23.2 Å². The van der Waals surface area contributed by atoms with Crippen LogP contribution in [0, 0.1) is 0 Å². The van der Waals surface area contributed by atoms with Crippen LogP contribution in [0.4, 0.5) is 0 Å². The molecule has 1 unspecified atom stereocenters. The minimum absolute atomic E-state index is 0.137. The van der Waals surface area contributed by atoms with Gasteiger partial charge in [-0.1, -0.05) is 0 Å². The fourth-order valence-electron chi connectivity index (χ4n) is 1.70. The Kier molecular flexibility index (Phi) is 2.74. The number of carbonyl (C=O) groups is 2. The first-order valence-electron chi connectivity index (χ1n) is 5.09. The molecule has 86 valence electrons. The molecular formula is C10H14N4O2. The number of amides is 2. The summed E-state index contributed by atoms with van der Waals surface area (Å²) in [7, 11) is 3.39. The van der Waals surface area contributed by atoms with Crippen LogP contribution in [0.15, 0.2) is 12.4 Å². The molecule has 1 aromatic heterocycles. The van der Waals surface area contributed by atoms with Crippen molar-refractivity contribution in [2.24, 2.45) is 7.05 Å². The lowest BCUT2D eigenvalue weighted by molar-refractivity contribution is -0.137. The number of rotatable bonds is 3. The molecule has 1 aliphatic heterocycles. The molecule has 1 N–H and O–H groups in total. The van der Waals surface area contributed by atoms with E-state index in [2.05, 4.69) is 10.3 Å². The summed E-state index contributed by atoms with van der Waals surface area (Å²) in [4.78, 5) is 28.1. The van der Waals surface area contributed by atoms with E-state index in [0.29, 0.717) is 6.54 Å². The van der Waals surface area contributed by atoms with Crippen molar-refractivity contribution < 1.29 is 9.59 Å². The Morgan fingerprint density at radius 3 is 2.75 bits per heavy atom. The van der Waals surface area contributed by atoms with Crippen molar-refractivity contribution in [2.75, 3.05) is 7.05 Å². The van der Waals surface area contributed by atoms with Crippen molar-refractivity contribution in [2.45, 2.75) is 19.0 Å². The first-order chi connectivity index (χ1) is 7.59. The predicted molar refractivity (Wildman–Crippen MR) is 56.2 cm³/mol. The van der Waals surface area contributed by atoms with E-state index in [4.69, 9.17) is 0 Å². The third-order valence-corrected chi connectivity index (χ3v) is 2.81. The Morgan fingerprint density at radius 2 is 2.25 bits per heavy atom. The van der Waals surface area contributed by atoms with E-state index in [9.17, 15) is 9.59 Å². The molecule has 0 bridgehead atoms. The van der Waals surface area contributed by atoms with Gasteiger partial charge in [0.1, 0.15) is 5.82 Å². The summed E-state index contributed by atoms with van der Waals surface area (Å²) in [5.41, 5.74) is 0.